The Hall–Kier alpha value is -1.71. The molecule has 0 spiro atoms. The highest BCUT2D eigenvalue weighted by Crippen LogP contribution is 2.21. The van der Waals surface area contributed by atoms with E-state index in [2.05, 4.69) is 16.2 Å². The van der Waals surface area contributed by atoms with Crippen LogP contribution in [0.5, 0.6) is 5.75 Å². The van der Waals surface area contributed by atoms with Gasteiger partial charge in [-0.1, -0.05) is 0 Å². The zero-order valence-corrected chi connectivity index (χ0v) is 6.91. The van der Waals surface area contributed by atoms with Gasteiger partial charge in [0.2, 0.25) is 0 Å². The number of aromatic nitrogens is 2. The van der Waals surface area contributed by atoms with Crippen LogP contribution in [-0.4, -0.2) is 17.1 Å². The zero-order chi connectivity index (χ0) is 9.26. The minimum atomic E-state index is -0.435. The second-order valence-corrected chi connectivity index (χ2v) is 2.47. The molecular formula is C9H6FN2O. The molecule has 0 N–H and O–H groups in total. The number of benzene rings is 1. The second-order valence-electron chi connectivity index (χ2n) is 2.47. The molecule has 65 valence electrons. The van der Waals surface area contributed by atoms with E-state index in [4.69, 9.17) is 4.74 Å². The van der Waals surface area contributed by atoms with Crippen LogP contribution in [0.15, 0.2) is 18.3 Å². The summed E-state index contributed by atoms with van der Waals surface area (Å²) in [6.45, 7) is 0. The molecule has 0 unspecified atom stereocenters. The summed E-state index contributed by atoms with van der Waals surface area (Å²) in [5.74, 6) is -0.267. The van der Waals surface area contributed by atoms with Crippen LogP contribution in [0.1, 0.15) is 0 Å². The predicted octanol–water partition coefficient (Wildman–Crippen LogP) is 1.58. The first-order valence-corrected chi connectivity index (χ1v) is 3.67. The van der Waals surface area contributed by atoms with Gasteiger partial charge in [-0.05, 0) is 0 Å². The van der Waals surface area contributed by atoms with E-state index in [-0.39, 0.29) is 5.75 Å². The predicted molar refractivity (Wildman–Crippen MR) is 44.9 cm³/mol. The van der Waals surface area contributed by atoms with Crippen LogP contribution in [-0.2, 0) is 0 Å². The molecule has 0 aliphatic heterocycles. The van der Waals surface area contributed by atoms with Gasteiger partial charge < -0.3 is 4.74 Å². The highest BCUT2D eigenvalue weighted by molar-refractivity contribution is 5.75. The molecule has 4 heteroatoms. The Balaban J connectivity index is 2.74. The summed E-state index contributed by atoms with van der Waals surface area (Å²) < 4.78 is 17.9. The van der Waals surface area contributed by atoms with E-state index in [1.165, 1.54) is 25.4 Å². The van der Waals surface area contributed by atoms with Gasteiger partial charge in [0.25, 0.3) is 0 Å². The summed E-state index contributed by atoms with van der Waals surface area (Å²) in [5.41, 5.74) is 1.07. The summed E-state index contributed by atoms with van der Waals surface area (Å²) in [7, 11) is 1.41. The van der Waals surface area contributed by atoms with Crippen LogP contribution in [0.4, 0.5) is 4.39 Å². The van der Waals surface area contributed by atoms with Crippen molar-refractivity contribution in [2.75, 3.05) is 7.11 Å². The maximum absolute atomic E-state index is 13.1. The van der Waals surface area contributed by atoms with E-state index in [0.29, 0.717) is 11.0 Å². The molecule has 0 amide bonds. The molecule has 0 aliphatic carbocycles. The van der Waals surface area contributed by atoms with Gasteiger partial charge in [-0.3, -0.25) is 4.98 Å². The highest BCUT2D eigenvalue weighted by atomic mass is 19.1. The molecular weight excluding hydrogens is 171 g/mol. The number of hydrogen-bond donors (Lipinski definition) is 0. The van der Waals surface area contributed by atoms with E-state index >= 15 is 0 Å². The van der Waals surface area contributed by atoms with Gasteiger partial charge in [-0.15, -0.1) is 0 Å². The minimum Gasteiger partial charge on any atom is -0.494 e. The summed E-state index contributed by atoms with van der Waals surface area (Å²) in [5, 5.41) is 0. The Bertz CT molecular complexity index is 445. The van der Waals surface area contributed by atoms with Crippen molar-refractivity contribution in [1.82, 2.24) is 9.97 Å². The van der Waals surface area contributed by atoms with Gasteiger partial charge in [0.15, 0.2) is 11.6 Å². The molecule has 0 aliphatic rings. The summed E-state index contributed by atoms with van der Waals surface area (Å²) in [4.78, 5) is 7.80. The van der Waals surface area contributed by atoms with Crippen LogP contribution in [0.25, 0.3) is 11.0 Å². The van der Waals surface area contributed by atoms with Crippen LogP contribution >= 0.6 is 0 Å². The summed E-state index contributed by atoms with van der Waals surface area (Å²) in [6, 6.07) is 2.78. The van der Waals surface area contributed by atoms with Gasteiger partial charge >= 0.3 is 0 Å². The van der Waals surface area contributed by atoms with E-state index < -0.39 is 5.82 Å². The Morgan fingerprint density at radius 1 is 1.38 bits per heavy atom. The molecule has 13 heavy (non-hydrogen) atoms. The van der Waals surface area contributed by atoms with Crippen LogP contribution in [0, 0.1) is 12.0 Å². The molecule has 0 saturated carbocycles. The van der Waals surface area contributed by atoms with E-state index in [9.17, 15) is 4.39 Å². The highest BCUT2D eigenvalue weighted by Gasteiger charge is 2.05. The van der Waals surface area contributed by atoms with E-state index in [1.54, 1.807) is 0 Å². The molecule has 0 fully saturated rings. The third kappa shape index (κ3) is 1.30. The second kappa shape index (κ2) is 2.97. The summed E-state index contributed by atoms with van der Waals surface area (Å²) in [6.07, 6.45) is 3.96. The monoisotopic (exact) mass is 177 g/mol. The van der Waals surface area contributed by atoms with Gasteiger partial charge in [0, 0.05) is 12.1 Å². The molecule has 0 saturated heterocycles. The molecule has 1 heterocycles. The topological polar surface area (TPSA) is 35.0 Å². The fraction of sp³-hybridized carbons (Fsp3) is 0.111. The Morgan fingerprint density at radius 2 is 2.23 bits per heavy atom. The van der Waals surface area contributed by atoms with Crippen molar-refractivity contribution in [1.29, 1.82) is 0 Å². The number of fused-ring (bicyclic) bond motifs is 1. The molecule has 3 nitrogen and oxygen atoms in total. The van der Waals surface area contributed by atoms with Crippen LogP contribution in [0.2, 0.25) is 0 Å². The van der Waals surface area contributed by atoms with Crippen molar-refractivity contribution in [3.05, 3.63) is 30.3 Å². The normalized spacial score (nSPS) is 10.3. The van der Waals surface area contributed by atoms with E-state index in [0.717, 1.165) is 0 Å². The Morgan fingerprint density at radius 3 is 3.00 bits per heavy atom. The first-order chi connectivity index (χ1) is 6.31. The lowest BCUT2D eigenvalue weighted by Gasteiger charge is -2.01. The fourth-order valence-corrected chi connectivity index (χ4v) is 1.08. The lowest BCUT2D eigenvalue weighted by atomic mass is 10.3. The molecule has 2 rings (SSSR count). The smallest absolute Gasteiger partial charge is 0.167 e. The number of halogens is 1. The number of hydrogen-bond acceptors (Lipinski definition) is 3. The van der Waals surface area contributed by atoms with Crippen molar-refractivity contribution >= 4 is 11.0 Å². The van der Waals surface area contributed by atoms with Crippen molar-refractivity contribution in [2.45, 2.75) is 0 Å². The number of ether oxygens (including phenoxy) is 1. The Labute approximate surface area is 74.2 Å². The standard InChI is InChI=1S/C9H6FN2O/c1-13-9-5-8-7(4-6(9)10)11-2-3-12-8/h2,4-5H,1H3. The molecule has 1 radical (unpaired) electrons. The largest absolute Gasteiger partial charge is 0.494 e. The maximum atomic E-state index is 13.1. The van der Waals surface area contributed by atoms with Crippen molar-refractivity contribution in [3.8, 4) is 5.75 Å². The number of methoxy groups -OCH3 is 1. The first kappa shape index (κ1) is 7.91. The van der Waals surface area contributed by atoms with Crippen molar-refractivity contribution in [3.63, 3.8) is 0 Å². The molecule has 0 bridgehead atoms. The average molecular weight is 177 g/mol. The fourth-order valence-electron chi connectivity index (χ4n) is 1.08. The lowest BCUT2D eigenvalue weighted by molar-refractivity contribution is 0.387. The van der Waals surface area contributed by atoms with Gasteiger partial charge in [-0.2, -0.15) is 0 Å². The van der Waals surface area contributed by atoms with Crippen LogP contribution < -0.4 is 4.74 Å². The van der Waals surface area contributed by atoms with Crippen LogP contribution in [0.3, 0.4) is 0 Å². The van der Waals surface area contributed by atoms with Gasteiger partial charge in [0.1, 0.15) is 6.20 Å². The zero-order valence-electron chi connectivity index (χ0n) is 6.91. The average Bonchev–Trinajstić information content (AvgIpc) is 2.17. The number of rotatable bonds is 1. The van der Waals surface area contributed by atoms with E-state index in [1.807, 2.05) is 0 Å². The quantitative estimate of drug-likeness (QED) is 0.663. The first-order valence-electron chi connectivity index (χ1n) is 3.67. The summed E-state index contributed by atoms with van der Waals surface area (Å²) >= 11 is 0. The van der Waals surface area contributed by atoms with Crippen molar-refractivity contribution in [2.24, 2.45) is 0 Å². The molecule has 2 aromatic rings. The van der Waals surface area contributed by atoms with Gasteiger partial charge in [-0.25, -0.2) is 9.37 Å². The maximum Gasteiger partial charge on any atom is 0.167 e. The lowest BCUT2D eigenvalue weighted by Crippen LogP contribution is -1.90. The molecule has 1 aromatic heterocycles. The SMILES string of the molecule is COc1cc2n[c]cnc2cc1F. The Kier molecular flexibility index (Phi) is 1.81. The van der Waals surface area contributed by atoms with Crippen molar-refractivity contribution < 1.29 is 9.13 Å². The molecule has 1 aromatic carbocycles. The number of nitrogens with zero attached hydrogens (tertiary/aromatic N) is 2. The molecule has 0 atom stereocenters. The third-order valence-corrected chi connectivity index (χ3v) is 1.70. The minimum absolute atomic E-state index is 0.168. The third-order valence-electron chi connectivity index (χ3n) is 1.70. The van der Waals surface area contributed by atoms with Gasteiger partial charge in [0.05, 0.1) is 24.3 Å².